The zero-order chi connectivity index (χ0) is 30.7. The fraction of sp³-hybridized carbons (Fsp3) is 0.212. The standard InChI is InChI=1S/C33H32FN5O4/c1-19-23(22-13-28(34)26(30(14-22)43-4)17-36-16-21-11-12-35-15-21)7-5-8-24(19)25-9-6-10-29(20(25)2)38-31(40)27-18-37-33(42)39(3)32(27)41/h5-14,18,36H,15-17H2,1-4H3,(H,37,42)(H,38,40). The number of rotatable bonds is 9. The molecule has 0 atom stereocenters. The molecule has 220 valence electrons. The third-order valence-electron chi connectivity index (χ3n) is 7.68. The van der Waals surface area contributed by atoms with E-state index in [1.807, 2.05) is 56.3 Å². The maximum absolute atomic E-state index is 15.5. The highest BCUT2D eigenvalue weighted by molar-refractivity contribution is 6.04. The second-order valence-electron chi connectivity index (χ2n) is 10.3. The van der Waals surface area contributed by atoms with Gasteiger partial charge in [-0.2, -0.15) is 0 Å². The van der Waals surface area contributed by atoms with Crippen molar-refractivity contribution in [2.45, 2.75) is 20.4 Å². The van der Waals surface area contributed by atoms with Gasteiger partial charge in [-0.25, -0.2) is 9.18 Å². The Morgan fingerprint density at radius 2 is 1.77 bits per heavy atom. The lowest BCUT2D eigenvalue weighted by Crippen LogP contribution is -2.37. The van der Waals surface area contributed by atoms with Gasteiger partial charge in [0.1, 0.15) is 17.1 Å². The molecule has 0 spiro atoms. The van der Waals surface area contributed by atoms with Crippen LogP contribution in [-0.2, 0) is 13.6 Å². The van der Waals surface area contributed by atoms with Crippen LogP contribution in [0.5, 0.6) is 5.75 Å². The molecular formula is C33H32FN5O4. The van der Waals surface area contributed by atoms with Crippen LogP contribution in [0, 0.1) is 19.7 Å². The van der Waals surface area contributed by atoms with Gasteiger partial charge in [0, 0.05) is 43.8 Å². The molecule has 0 saturated heterocycles. The molecule has 0 unspecified atom stereocenters. The number of aliphatic imine (C=N–C) groups is 1. The van der Waals surface area contributed by atoms with Crippen LogP contribution in [-0.4, -0.2) is 41.9 Å². The number of hydrogen-bond acceptors (Lipinski definition) is 6. The van der Waals surface area contributed by atoms with E-state index in [0.717, 1.165) is 44.2 Å². The fourth-order valence-electron chi connectivity index (χ4n) is 5.18. The summed E-state index contributed by atoms with van der Waals surface area (Å²) < 4.78 is 21.9. The van der Waals surface area contributed by atoms with E-state index in [1.54, 1.807) is 12.3 Å². The number of nitrogens with zero attached hydrogens (tertiary/aromatic N) is 2. The van der Waals surface area contributed by atoms with Crippen molar-refractivity contribution >= 4 is 17.8 Å². The van der Waals surface area contributed by atoms with Crippen molar-refractivity contribution in [3.8, 4) is 28.0 Å². The van der Waals surface area contributed by atoms with Gasteiger partial charge in [0.25, 0.3) is 11.5 Å². The van der Waals surface area contributed by atoms with Crippen LogP contribution >= 0.6 is 0 Å². The predicted octanol–water partition coefficient (Wildman–Crippen LogP) is 4.52. The number of halogens is 1. The molecule has 2 heterocycles. The number of amides is 1. The molecule has 4 aromatic rings. The Morgan fingerprint density at radius 3 is 2.49 bits per heavy atom. The number of methoxy groups -OCH3 is 1. The Morgan fingerprint density at radius 1 is 1.05 bits per heavy atom. The molecule has 3 N–H and O–H groups in total. The Labute approximate surface area is 247 Å². The summed E-state index contributed by atoms with van der Waals surface area (Å²) in [5.41, 5.74) is 5.64. The van der Waals surface area contributed by atoms with E-state index in [1.165, 1.54) is 20.2 Å². The Bertz CT molecular complexity index is 1900. The number of benzene rings is 3. The van der Waals surface area contributed by atoms with Crippen LogP contribution in [0.3, 0.4) is 0 Å². The molecule has 0 saturated carbocycles. The van der Waals surface area contributed by atoms with E-state index in [9.17, 15) is 14.4 Å². The molecule has 1 aliphatic heterocycles. The number of H-pyrrole nitrogens is 1. The second kappa shape index (κ2) is 12.4. The van der Waals surface area contributed by atoms with Crippen molar-refractivity contribution in [2.75, 3.05) is 25.5 Å². The maximum atomic E-state index is 15.5. The first-order chi connectivity index (χ1) is 20.7. The number of hydrogen-bond donors (Lipinski definition) is 3. The van der Waals surface area contributed by atoms with Gasteiger partial charge in [-0.3, -0.25) is 19.1 Å². The van der Waals surface area contributed by atoms with Crippen molar-refractivity contribution in [3.05, 3.63) is 115 Å². The first-order valence-corrected chi connectivity index (χ1v) is 13.7. The van der Waals surface area contributed by atoms with Crippen molar-refractivity contribution in [1.29, 1.82) is 0 Å². The summed E-state index contributed by atoms with van der Waals surface area (Å²) >= 11 is 0. The number of carbonyl (C=O) groups excluding carboxylic acids is 1. The predicted molar refractivity (Wildman–Crippen MR) is 167 cm³/mol. The second-order valence-corrected chi connectivity index (χ2v) is 10.3. The summed E-state index contributed by atoms with van der Waals surface area (Å²) in [5, 5.41) is 6.07. The third-order valence-corrected chi connectivity index (χ3v) is 7.68. The zero-order valence-corrected chi connectivity index (χ0v) is 24.4. The SMILES string of the molecule is COc1cc(-c2cccc(-c3cccc(NC(=O)c4c[nH]c(=O)n(C)c4=O)c3C)c2C)cc(F)c1CNCC1=CC=NC1. The van der Waals surface area contributed by atoms with Gasteiger partial charge in [-0.1, -0.05) is 30.3 Å². The quantitative estimate of drug-likeness (QED) is 0.269. The number of aromatic nitrogens is 2. The highest BCUT2D eigenvalue weighted by Gasteiger charge is 2.18. The summed E-state index contributed by atoms with van der Waals surface area (Å²) in [4.78, 5) is 43.6. The van der Waals surface area contributed by atoms with Gasteiger partial charge in [0.2, 0.25) is 0 Å². The van der Waals surface area contributed by atoms with Crippen LogP contribution < -0.4 is 26.6 Å². The molecule has 5 rings (SSSR count). The van der Waals surface area contributed by atoms with Crippen molar-refractivity contribution < 1.29 is 13.9 Å². The van der Waals surface area contributed by atoms with E-state index in [2.05, 4.69) is 20.6 Å². The summed E-state index contributed by atoms with van der Waals surface area (Å²) in [6, 6.07) is 14.7. The summed E-state index contributed by atoms with van der Waals surface area (Å²) in [6.45, 7) is 5.43. The minimum absolute atomic E-state index is 0.177. The van der Waals surface area contributed by atoms with E-state index in [-0.39, 0.29) is 11.4 Å². The number of carbonyl (C=O) groups is 1. The Kier molecular flexibility index (Phi) is 8.49. The average molecular weight is 582 g/mol. The number of anilines is 1. The maximum Gasteiger partial charge on any atom is 0.328 e. The number of aromatic amines is 1. The molecule has 0 bridgehead atoms. The molecule has 0 fully saturated rings. The average Bonchev–Trinajstić information content (AvgIpc) is 3.51. The summed E-state index contributed by atoms with van der Waals surface area (Å²) in [5.74, 6) is -0.538. The minimum Gasteiger partial charge on any atom is -0.496 e. The highest BCUT2D eigenvalue weighted by atomic mass is 19.1. The van der Waals surface area contributed by atoms with Gasteiger partial charge in [-0.15, -0.1) is 0 Å². The summed E-state index contributed by atoms with van der Waals surface area (Å²) in [6.07, 6.45) is 4.85. The lowest BCUT2D eigenvalue weighted by Gasteiger charge is -2.18. The largest absolute Gasteiger partial charge is 0.496 e. The molecule has 1 amide bonds. The normalized spacial score (nSPS) is 12.3. The van der Waals surface area contributed by atoms with Crippen molar-refractivity contribution in [1.82, 2.24) is 14.9 Å². The lowest BCUT2D eigenvalue weighted by atomic mass is 9.90. The van der Waals surface area contributed by atoms with E-state index in [0.29, 0.717) is 42.2 Å². The fourth-order valence-corrected chi connectivity index (χ4v) is 5.18. The van der Waals surface area contributed by atoms with Gasteiger partial charge < -0.3 is 20.4 Å². The van der Waals surface area contributed by atoms with Crippen LogP contribution in [0.4, 0.5) is 10.1 Å². The van der Waals surface area contributed by atoms with Crippen LogP contribution in [0.2, 0.25) is 0 Å². The van der Waals surface area contributed by atoms with Gasteiger partial charge in [-0.05, 0) is 77.1 Å². The van der Waals surface area contributed by atoms with Crippen LogP contribution in [0.25, 0.3) is 22.3 Å². The van der Waals surface area contributed by atoms with E-state index < -0.39 is 17.2 Å². The van der Waals surface area contributed by atoms with Gasteiger partial charge in [0.05, 0.1) is 13.7 Å². The smallest absolute Gasteiger partial charge is 0.328 e. The first kappa shape index (κ1) is 29.4. The summed E-state index contributed by atoms with van der Waals surface area (Å²) in [7, 11) is 2.83. The molecule has 10 heteroatoms. The molecule has 1 aromatic heterocycles. The van der Waals surface area contributed by atoms with Crippen molar-refractivity contribution in [3.63, 3.8) is 0 Å². The molecule has 0 radical (unpaired) electrons. The topological polar surface area (TPSA) is 118 Å². The highest BCUT2D eigenvalue weighted by Crippen LogP contribution is 2.37. The molecule has 9 nitrogen and oxygen atoms in total. The van der Waals surface area contributed by atoms with Gasteiger partial charge >= 0.3 is 5.69 Å². The van der Waals surface area contributed by atoms with Crippen LogP contribution in [0.15, 0.2) is 81.0 Å². The monoisotopic (exact) mass is 581 g/mol. The van der Waals surface area contributed by atoms with E-state index >= 15 is 4.39 Å². The first-order valence-electron chi connectivity index (χ1n) is 13.7. The number of ether oxygens (including phenoxy) is 1. The zero-order valence-electron chi connectivity index (χ0n) is 24.4. The molecule has 0 aliphatic carbocycles. The Balaban J connectivity index is 1.44. The van der Waals surface area contributed by atoms with E-state index in [4.69, 9.17) is 4.74 Å². The Hall–Kier alpha value is -5.09. The number of nitrogens with one attached hydrogen (secondary N) is 3. The van der Waals surface area contributed by atoms with Crippen LogP contribution in [0.1, 0.15) is 27.0 Å². The molecular weight excluding hydrogens is 549 g/mol. The molecule has 43 heavy (non-hydrogen) atoms. The minimum atomic E-state index is -0.691. The van der Waals surface area contributed by atoms with Crippen molar-refractivity contribution in [2.24, 2.45) is 12.0 Å². The van der Waals surface area contributed by atoms with Gasteiger partial charge in [0.15, 0.2) is 0 Å². The molecule has 1 aliphatic rings. The third kappa shape index (κ3) is 5.96. The molecule has 3 aromatic carbocycles. The lowest BCUT2D eigenvalue weighted by molar-refractivity contribution is 0.102. The number of allylic oxidation sites excluding steroid dienone is 1.